The van der Waals surface area contributed by atoms with E-state index in [-0.39, 0.29) is 5.57 Å². The maximum atomic E-state index is 12.0. The summed E-state index contributed by atoms with van der Waals surface area (Å²) >= 11 is 1.82. The molecule has 0 fully saturated rings. The van der Waals surface area contributed by atoms with Crippen molar-refractivity contribution >= 4 is 23.7 Å². The van der Waals surface area contributed by atoms with Crippen LogP contribution in [-0.2, 0) is 4.79 Å². The summed E-state index contributed by atoms with van der Waals surface area (Å²) in [5.41, 5.74) is 3.31. The van der Waals surface area contributed by atoms with Crippen LogP contribution in [-0.4, -0.2) is 28.5 Å². The highest BCUT2D eigenvalue weighted by molar-refractivity contribution is 7.99. The fourth-order valence-electron chi connectivity index (χ4n) is 2.80. The summed E-state index contributed by atoms with van der Waals surface area (Å²) in [6.07, 6.45) is 4.55. The minimum atomic E-state index is -0.419. The molecule has 0 aliphatic carbocycles. The van der Waals surface area contributed by atoms with Crippen molar-refractivity contribution in [3.63, 3.8) is 0 Å². The van der Waals surface area contributed by atoms with Crippen molar-refractivity contribution in [1.82, 2.24) is 15.1 Å². The van der Waals surface area contributed by atoms with Gasteiger partial charge in [0.15, 0.2) is 0 Å². The molecule has 3 aromatic rings. The van der Waals surface area contributed by atoms with Gasteiger partial charge in [-0.3, -0.25) is 4.79 Å². The molecule has 1 aromatic heterocycles. The molecule has 0 saturated carbocycles. The Morgan fingerprint density at radius 2 is 1.93 bits per heavy atom. The van der Waals surface area contributed by atoms with E-state index in [0.29, 0.717) is 5.56 Å². The number of rotatable bonds is 7. The molecule has 0 radical (unpaired) electrons. The van der Waals surface area contributed by atoms with Crippen molar-refractivity contribution < 1.29 is 4.79 Å². The number of thioether (sulfide) groups is 1. The van der Waals surface area contributed by atoms with Crippen LogP contribution >= 0.6 is 11.8 Å². The van der Waals surface area contributed by atoms with Gasteiger partial charge in [0, 0.05) is 29.3 Å². The van der Waals surface area contributed by atoms with Gasteiger partial charge in [0.25, 0.3) is 5.91 Å². The Morgan fingerprint density at radius 1 is 1.21 bits per heavy atom. The van der Waals surface area contributed by atoms with Crippen molar-refractivity contribution in [2.45, 2.75) is 18.2 Å². The first kappa shape index (κ1) is 20.4. The van der Waals surface area contributed by atoms with Crippen molar-refractivity contribution in [2.24, 2.45) is 0 Å². The molecule has 0 saturated heterocycles. The lowest BCUT2D eigenvalue weighted by Crippen LogP contribution is -2.19. The predicted molar refractivity (Wildman–Crippen MR) is 118 cm³/mol. The van der Waals surface area contributed by atoms with Gasteiger partial charge in [-0.05, 0) is 42.5 Å². The van der Waals surface area contributed by atoms with Gasteiger partial charge >= 0.3 is 0 Å². The van der Waals surface area contributed by atoms with Gasteiger partial charge in [-0.15, -0.1) is 11.8 Å². The van der Waals surface area contributed by atoms with Crippen LogP contribution in [0.4, 0.5) is 0 Å². The van der Waals surface area contributed by atoms with Crippen LogP contribution in [0.15, 0.2) is 71.3 Å². The zero-order valence-corrected chi connectivity index (χ0v) is 17.2. The zero-order valence-electron chi connectivity index (χ0n) is 16.4. The van der Waals surface area contributed by atoms with Crippen LogP contribution in [0.1, 0.15) is 18.9 Å². The van der Waals surface area contributed by atoms with E-state index in [1.165, 1.54) is 11.9 Å². The number of benzene rings is 2. The summed E-state index contributed by atoms with van der Waals surface area (Å²) in [6.45, 7) is 2.16. The van der Waals surface area contributed by atoms with E-state index < -0.39 is 5.91 Å². The first-order chi connectivity index (χ1) is 14.2. The van der Waals surface area contributed by atoms with Gasteiger partial charge in [0.05, 0.1) is 11.4 Å². The van der Waals surface area contributed by atoms with Gasteiger partial charge < -0.3 is 5.32 Å². The van der Waals surface area contributed by atoms with Crippen molar-refractivity contribution in [1.29, 1.82) is 5.26 Å². The number of hydrogen-bond acceptors (Lipinski definition) is 4. The number of carbonyl (C=O) groups excluding carboxylic acids is 1. The average molecular weight is 403 g/mol. The first-order valence-corrected chi connectivity index (χ1v) is 10.4. The Bertz CT molecular complexity index is 1050. The van der Waals surface area contributed by atoms with E-state index >= 15 is 0 Å². The van der Waals surface area contributed by atoms with Crippen molar-refractivity contribution in [2.75, 3.05) is 12.8 Å². The smallest absolute Gasteiger partial charge is 0.261 e. The zero-order chi connectivity index (χ0) is 20.6. The van der Waals surface area contributed by atoms with Gasteiger partial charge in [0.2, 0.25) is 0 Å². The van der Waals surface area contributed by atoms with Crippen molar-refractivity contribution in [3.05, 3.63) is 71.9 Å². The molecule has 1 heterocycles. The number of carbonyl (C=O) groups is 1. The summed E-state index contributed by atoms with van der Waals surface area (Å²) in [6, 6.07) is 19.9. The third-order valence-corrected chi connectivity index (χ3v) is 5.47. The highest BCUT2D eigenvalue weighted by Crippen LogP contribution is 2.28. The predicted octanol–water partition coefficient (Wildman–Crippen LogP) is 4.69. The standard InChI is InChI=1S/C23H22N4OS/c1-3-13-29-21-11-9-17(10-12-21)22-19(14-18(15-24)23(28)25-2)16-27(26-22)20-7-5-4-6-8-20/h4-12,14,16H,3,13H2,1-2H3,(H,25,28)/b18-14+. The largest absolute Gasteiger partial charge is 0.354 e. The lowest BCUT2D eigenvalue weighted by molar-refractivity contribution is -0.116. The van der Waals surface area contributed by atoms with Crippen LogP contribution < -0.4 is 5.32 Å². The molecule has 2 aromatic carbocycles. The van der Waals surface area contributed by atoms with E-state index in [1.807, 2.05) is 66.5 Å². The molecule has 0 atom stereocenters. The second-order valence-electron chi connectivity index (χ2n) is 6.33. The Balaban J connectivity index is 2.07. The number of nitrogens with one attached hydrogen (secondary N) is 1. The highest BCUT2D eigenvalue weighted by Gasteiger charge is 2.14. The molecule has 0 aliphatic rings. The molecule has 6 heteroatoms. The molecule has 0 aliphatic heterocycles. The normalized spacial score (nSPS) is 11.1. The number of para-hydroxylation sites is 1. The van der Waals surface area contributed by atoms with Crippen LogP contribution in [0.2, 0.25) is 0 Å². The second-order valence-corrected chi connectivity index (χ2v) is 7.50. The number of likely N-dealkylation sites (N-methyl/N-ethyl adjacent to an activating group) is 1. The van der Waals surface area contributed by atoms with Gasteiger partial charge in [-0.1, -0.05) is 37.3 Å². The third-order valence-electron chi connectivity index (χ3n) is 4.26. The molecule has 1 N–H and O–H groups in total. The summed E-state index contributed by atoms with van der Waals surface area (Å²) < 4.78 is 1.76. The molecule has 0 spiro atoms. The van der Waals surface area contributed by atoms with E-state index in [9.17, 15) is 10.1 Å². The van der Waals surface area contributed by atoms with E-state index in [0.717, 1.165) is 29.1 Å². The molecular formula is C23H22N4OS. The highest BCUT2D eigenvalue weighted by atomic mass is 32.2. The molecule has 3 rings (SSSR count). The number of nitrogens with zero attached hydrogens (tertiary/aromatic N) is 3. The Hall–Kier alpha value is -3.30. The van der Waals surface area contributed by atoms with Crippen molar-refractivity contribution in [3.8, 4) is 23.0 Å². The van der Waals surface area contributed by atoms with Gasteiger partial charge in [-0.2, -0.15) is 10.4 Å². The summed E-state index contributed by atoms with van der Waals surface area (Å²) in [4.78, 5) is 13.2. The number of nitriles is 1. The van der Waals surface area contributed by atoms with Crippen LogP contribution in [0.25, 0.3) is 23.0 Å². The molecule has 146 valence electrons. The van der Waals surface area contributed by atoms with Crippen LogP contribution in [0, 0.1) is 11.3 Å². The van der Waals surface area contributed by atoms with E-state index in [2.05, 4.69) is 24.4 Å². The molecule has 5 nitrogen and oxygen atoms in total. The topological polar surface area (TPSA) is 70.7 Å². The molecule has 0 bridgehead atoms. The Morgan fingerprint density at radius 3 is 2.55 bits per heavy atom. The minimum Gasteiger partial charge on any atom is -0.354 e. The molecule has 1 amide bonds. The average Bonchev–Trinajstić information content (AvgIpc) is 3.20. The quantitative estimate of drug-likeness (QED) is 0.353. The van der Waals surface area contributed by atoms with Crippen LogP contribution in [0.3, 0.4) is 0 Å². The molecule has 29 heavy (non-hydrogen) atoms. The van der Waals surface area contributed by atoms with E-state index in [1.54, 1.807) is 10.8 Å². The van der Waals surface area contributed by atoms with Gasteiger partial charge in [-0.25, -0.2) is 4.68 Å². The maximum absolute atomic E-state index is 12.0. The minimum absolute atomic E-state index is 0.0384. The number of amides is 1. The molecular weight excluding hydrogens is 380 g/mol. The summed E-state index contributed by atoms with van der Waals surface area (Å²) in [7, 11) is 1.51. The Labute approximate surface area is 175 Å². The summed E-state index contributed by atoms with van der Waals surface area (Å²) in [5, 5.41) is 16.6. The lowest BCUT2D eigenvalue weighted by atomic mass is 10.1. The monoisotopic (exact) mass is 402 g/mol. The lowest BCUT2D eigenvalue weighted by Gasteiger charge is -2.03. The first-order valence-electron chi connectivity index (χ1n) is 9.38. The Kier molecular flexibility index (Phi) is 6.88. The van der Waals surface area contributed by atoms with E-state index in [4.69, 9.17) is 5.10 Å². The fraction of sp³-hybridized carbons (Fsp3) is 0.174. The fourth-order valence-corrected chi connectivity index (χ4v) is 3.57. The SMILES string of the molecule is CCCSc1ccc(-c2nn(-c3ccccc3)cc2/C=C(\C#N)C(=O)NC)cc1. The van der Waals surface area contributed by atoms with Crippen LogP contribution in [0.5, 0.6) is 0 Å². The van der Waals surface area contributed by atoms with Gasteiger partial charge in [0.1, 0.15) is 11.6 Å². The number of aromatic nitrogens is 2. The molecule has 0 unspecified atom stereocenters. The third kappa shape index (κ3) is 4.95. The summed E-state index contributed by atoms with van der Waals surface area (Å²) in [5.74, 6) is 0.658. The second kappa shape index (κ2) is 9.76. The maximum Gasteiger partial charge on any atom is 0.261 e. The number of hydrogen-bond donors (Lipinski definition) is 1.